The number of nitrogens with one attached hydrogen (secondary N) is 2. The van der Waals surface area contributed by atoms with E-state index in [1.807, 2.05) is 43.7 Å². The molecule has 1 amide bonds. The van der Waals surface area contributed by atoms with Gasteiger partial charge in [-0.3, -0.25) is 0 Å². The molecule has 1 aliphatic rings. The van der Waals surface area contributed by atoms with Gasteiger partial charge >= 0.3 is 6.09 Å². The second-order valence-corrected chi connectivity index (χ2v) is 9.53. The highest BCUT2D eigenvalue weighted by molar-refractivity contribution is 5.99. The van der Waals surface area contributed by atoms with Crippen molar-refractivity contribution >= 4 is 34.0 Å². The second-order valence-electron chi connectivity index (χ2n) is 9.53. The summed E-state index contributed by atoms with van der Waals surface area (Å²) in [6.07, 6.45) is 6.23. The third kappa shape index (κ3) is 4.20. The van der Waals surface area contributed by atoms with E-state index >= 15 is 0 Å². The molecule has 10 nitrogen and oxygen atoms in total. The molecule has 4 heterocycles. The lowest BCUT2D eigenvalue weighted by Gasteiger charge is -2.30. The summed E-state index contributed by atoms with van der Waals surface area (Å²) >= 11 is 0. The van der Waals surface area contributed by atoms with Crippen LogP contribution >= 0.6 is 0 Å². The number of nitrogen functional groups attached to an aromatic ring is 1. The number of ether oxygens (including phenoxy) is 1. The number of aromatic amines is 1. The maximum Gasteiger partial charge on any atom is 0.407 e. The number of aromatic nitrogens is 6. The van der Waals surface area contributed by atoms with E-state index in [2.05, 4.69) is 25.3 Å². The lowest BCUT2D eigenvalue weighted by molar-refractivity contribution is 0.0487. The van der Waals surface area contributed by atoms with Crippen LogP contribution in [0.5, 0.6) is 0 Å². The number of amides is 1. The van der Waals surface area contributed by atoms with Crippen LogP contribution in [0.25, 0.3) is 33.5 Å². The van der Waals surface area contributed by atoms with Crippen molar-refractivity contribution in [3.8, 4) is 11.4 Å². The number of carbonyl (C=O) groups is 1. The zero-order chi connectivity index (χ0) is 23.2. The number of hydrogen-bond donors (Lipinski definition) is 3. The van der Waals surface area contributed by atoms with Gasteiger partial charge in [-0.05, 0) is 64.7 Å². The summed E-state index contributed by atoms with van der Waals surface area (Å²) in [7, 11) is 0. The van der Waals surface area contributed by atoms with Crippen molar-refractivity contribution in [1.82, 2.24) is 35.0 Å². The fourth-order valence-electron chi connectivity index (χ4n) is 4.46. The number of carbonyl (C=O) groups excluding carboxylic acids is 1. The van der Waals surface area contributed by atoms with Crippen LogP contribution < -0.4 is 11.1 Å². The number of fused-ring (bicyclic) bond motifs is 2. The Morgan fingerprint density at radius 1 is 1.21 bits per heavy atom. The monoisotopic (exact) mass is 448 g/mol. The van der Waals surface area contributed by atoms with E-state index < -0.39 is 5.60 Å². The predicted molar refractivity (Wildman–Crippen MR) is 125 cm³/mol. The minimum Gasteiger partial charge on any atom is -0.444 e. The maximum absolute atomic E-state index is 12.1. The number of alkyl carbamates (subject to hydrolysis) is 1. The molecule has 0 atom stereocenters. The van der Waals surface area contributed by atoms with Crippen LogP contribution in [0, 0.1) is 0 Å². The predicted octanol–water partition coefficient (Wildman–Crippen LogP) is 3.96. The number of nitrogens with two attached hydrogens (primary N) is 1. The van der Waals surface area contributed by atoms with Crippen LogP contribution in [0.15, 0.2) is 30.7 Å². The Bertz CT molecular complexity index is 1280. The van der Waals surface area contributed by atoms with Gasteiger partial charge in [-0.1, -0.05) is 0 Å². The van der Waals surface area contributed by atoms with E-state index in [1.54, 1.807) is 6.20 Å². The topological polar surface area (TPSA) is 137 Å². The molecule has 4 N–H and O–H groups in total. The molecule has 0 saturated heterocycles. The van der Waals surface area contributed by atoms with Gasteiger partial charge < -0.3 is 20.8 Å². The van der Waals surface area contributed by atoms with Crippen molar-refractivity contribution in [2.24, 2.45) is 0 Å². The number of anilines is 1. The average Bonchev–Trinajstić information content (AvgIpc) is 3.35. The van der Waals surface area contributed by atoms with Crippen molar-refractivity contribution in [1.29, 1.82) is 0 Å². The highest BCUT2D eigenvalue weighted by Crippen LogP contribution is 2.36. The smallest absolute Gasteiger partial charge is 0.407 e. The Morgan fingerprint density at radius 2 is 2.00 bits per heavy atom. The molecule has 0 unspecified atom stereocenters. The summed E-state index contributed by atoms with van der Waals surface area (Å²) in [5.74, 6) is 0.396. The van der Waals surface area contributed by atoms with Crippen molar-refractivity contribution in [2.45, 2.75) is 64.1 Å². The molecule has 4 aromatic heterocycles. The van der Waals surface area contributed by atoms with Crippen LogP contribution in [0.2, 0.25) is 0 Å². The standard InChI is InChI=1S/C23H28N8O2/c1-23(2,3)33-22(32)28-14-6-8-15(9-7-14)31-21-17(19(24)26-12-27-21)18(30-31)16-11-13-5-4-10-25-20(13)29-16/h4-5,10-12,14-15H,6-9H2,1-3H3,(H,25,29)(H,28,32)(H2,24,26,27)/t14-,15-. The van der Waals surface area contributed by atoms with Crippen LogP contribution in [0.1, 0.15) is 52.5 Å². The lowest BCUT2D eigenvalue weighted by atomic mass is 9.91. The van der Waals surface area contributed by atoms with Crippen LogP contribution in [0.4, 0.5) is 10.6 Å². The van der Waals surface area contributed by atoms with Gasteiger partial charge in [0.05, 0.1) is 17.1 Å². The molecule has 33 heavy (non-hydrogen) atoms. The van der Waals surface area contributed by atoms with Gasteiger partial charge in [0.15, 0.2) is 5.65 Å². The van der Waals surface area contributed by atoms with Crippen LogP contribution in [-0.2, 0) is 4.74 Å². The third-order valence-corrected chi connectivity index (χ3v) is 5.93. The molecule has 0 spiro atoms. The summed E-state index contributed by atoms with van der Waals surface area (Å²) in [6, 6.07) is 6.15. The normalized spacial score (nSPS) is 19.1. The molecule has 1 saturated carbocycles. The van der Waals surface area contributed by atoms with E-state index in [0.29, 0.717) is 11.5 Å². The number of hydrogen-bond acceptors (Lipinski definition) is 7. The number of rotatable bonds is 3. The van der Waals surface area contributed by atoms with Gasteiger partial charge in [0.25, 0.3) is 0 Å². The van der Waals surface area contributed by atoms with Crippen molar-refractivity contribution in [3.05, 3.63) is 30.7 Å². The molecule has 0 aliphatic heterocycles. The summed E-state index contributed by atoms with van der Waals surface area (Å²) in [5, 5.41) is 9.66. The highest BCUT2D eigenvalue weighted by atomic mass is 16.6. The molecule has 0 radical (unpaired) electrons. The first-order valence-electron chi connectivity index (χ1n) is 11.2. The van der Waals surface area contributed by atoms with Crippen LogP contribution in [0.3, 0.4) is 0 Å². The lowest BCUT2D eigenvalue weighted by Crippen LogP contribution is -2.41. The highest BCUT2D eigenvalue weighted by Gasteiger charge is 2.29. The van der Waals surface area contributed by atoms with E-state index in [0.717, 1.165) is 53.5 Å². The fourth-order valence-corrected chi connectivity index (χ4v) is 4.46. The first kappa shape index (κ1) is 21.2. The Morgan fingerprint density at radius 3 is 2.73 bits per heavy atom. The molecular weight excluding hydrogens is 420 g/mol. The second kappa shape index (κ2) is 8.02. The summed E-state index contributed by atoms with van der Waals surface area (Å²) in [6.45, 7) is 5.59. The van der Waals surface area contributed by atoms with E-state index in [1.165, 1.54) is 6.33 Å². The van der Waals surface area contributed by atoms with Crippen molar-refractivity contribution in [3.63, 3.8) is 0 Å². The zero-order valence-corrected chi connectivity index (χ0v) is 19.0. The largest absolute Gasteiger partial charge is 0.444 e. The minimum atomic E-state index is -0.510. The van der Waals surface area contributed by atoms with Crippen molar-refractivity contribution in [2.75, 3.05) is 5.73 Å². The molecule has 4 aromatic rings. The van der Waals surface area contributed by atoms with Gasteiger partial charge in [-0.15, -0.1) is 0 Å². The number of pyridine rings is 1. The summed E-state index contributed by atoms with van der Waals surface area (Å²) in [5.41, 5.74) is 8.81. The van der Waals surface area contributed by atoms with Gasteiger partial charge in [0.1, 0.15) is 29.1 Å². The van der Waals surface area contributed by atoms with Gasteiger partial charge in [0, 0.05) is 17.6 Å². The Hall–Kier alpha value is -3.69. The number of nitrogens with zero attached hydrogens (tertiary/aromatic N) is 5. The molecule has 0 bridgehead atoms. The SMILES string of the molecule is CC(C)(C)OC(=O)N[C@H]1CC[C@H](n2nc(-c3cc4cccnc4[nH]3)c3c(N)ncnc32)CC1. The van der Waals surface area contributed by atoms with E-state index in [9.17, 15) is 4.79 Å². The minimum absolute atomic E-state index is 0.0804. The molecule has 5 rings (SSSR count). The Kier molecular flexibility index (Phi) is 5.15. The van der Waals surface area contributed by atoms with Crippen LogP contribution in [-0.4, -0.2) is 47.5 Å². The van der Waals surface area contributed by atoms with Gasteiger partial charge in [-0.2, -0.15) is 5.10 Å². The molecule has 172 valence electrons. The maximum atomic E-state index is 12.1. The molecule has 1 aliphatic carbocycles. The average molecular weight is 449 g/mol. The molecule has 10 heteroatoms. The number of H-pyrrole nitrogens is 1. The fraction of sp³-hybridized carbons (Fsp3) is 0.435. The molecular formula is C23H28N8O2. The Balaban J connectivity index is 1.41. The zero-order valence-electron chi connectivity index (χ0n) is 19.0. The summed E-state index contributed by atoms with van der Waals surface area (Å²) in [4.78, 5) is 28.6. The molecule has 0 aromatic carbocycles. The summed E-state index contributed by atoms with van der Waals surface area (Å²) < 4.78 is 7.36. The quantitative estimate of drug-likeness (QED) is 0.431. The molecule has 1 fully saturated rings. The van der Waals surface area contributed by atoms with Gasteiger partial charge in [-0.25, -0.2) is 24.4 Å². The van der Waals surface area contributed by atoms with Gasteiger partial charge in [0.2, 0.25) is 0 Å². The third-order valence-electron chi connectivity index (χ3n) is 5.93. The van der Waals surface area contributed by atoms with E-state index in [4.69, 9.17) is 15.6 Å². The van der Waals surface area contributed by atoms with E-state index in [-0.39, 0.29) is 18.2 Å². The Labute approximate surface area is 191 Å². The van der Waals surface area contributed by atoms with Crippen molar-refractivity contribution < 1.29 is 9.53 Å². The first-order valence-corrected chi connectivity index (χ1v) is 11.2. The first-order chi connectivity index (χ1) is 15.8.